The second kappa shape index (κ2) is 5.15. The smallest absolute Gasteiger partial charge is 0.0100 e. The van der Waals surface area contributed by atoms with Crippen LogP contribution in [0, 0.1) is 0 Å². The number of hydrogen-bond acceptors (Lipinski definition) is 0. The van der Waals surface area contributed by atoms with Crippen molar-refractivity contribution >= 4 is 10.8 Å². The lowest BCUT2D eigenvalue weighted by Crippen LogP contribution is -2.34. The van der Waals surface area contributed by atoms with Gasteiger partial charge in [0.05, 0.1) is 0 Å². The zero-order valence-corrected chi connectivity index (χ0v) is 18.1. The van der Waals surface area contributed by atoms with E-state index in [0.29, 0.717) is 0 Å². The Morgan fingerprint density at radius 3 is 0.808 bits per heavy atom. The zero-order valence-electron chi connectivity index (χ0n) is 18.1. The van der Waals surface area contributed by atoms with Gasteiger partial charge in [0.1, 0.15) is 0 Å². The van der Waals surface area contributed by atoms with E-state index in [-0.39, 0.29) is 21.7 Å². The van der Waals surface area contributed by atoms with E-state index in [9.17, 15) is 0 Å². The van der Waals surface area contributed by atoms with E-state index in [4.69, 9.17) is 0 Å². The Balaban J connectivity index is 2.04. The molecule has 140 valence electrons. The van der Waals surface area contributed by atoms with Crippen molar-refractivity contribution in [3.8, 4) is 0 Å². The first-order valence-corrected chi connectivity index (χ1v) is 10.5. The van der Waals surface area contributed by atoms with Crippen LogP contribution in [-0.4, -0.2) is 0 Å². The standard InChI is InChI=1S/C26H36/c1-23(2)9-10-24(3,4)20-14-18-16-22-21(15-17(18)13-19(20)23)25(5,6)11-12-26(22,7)8/h13-16H,9-12H2,1-8H3. The van der Waals surface area contributed by atoms with Crippen molar-refractivity contribution in [3.63, 3.8) is 0 Å². The lowest BCUT2D eigenvalue weighted by molar-refractivity contribution is 0.331. The highest BCUT2D eigenvalue weighted by Gasteiger charge is 2.39. The second-order valence-electron chi connectivity index (χ2n) is 11.7. The third-order valence-corrected chi connectivity index (χ3v) is 7.78. The Morgan fingerprint density at radius 1 is 0.423 bits per heavy atom. The van der Waals surface area contributed by atoms with Gasteiger partial charge in [0.15, 0.2) is 0 Å². The van der Waals surface area contributed by atoms with Crippen LogP contribution < -0.4 is 0 Å². The maximum Gasteiger partial charge on any atom is -0.0100 e. The first-order chi connectivity index (χ1) is 11.8. The summed E-state index contributed by atoms with van der Waals surface area (Å²) in [6.45, 7) is 19.4. The van der Waals surface area contributed by atoms with Gasteiger partial charge in [0.2, 0.25) is 0 Å². The fraction of sp³-hybridized carbons (Fsp3) is 0.615. The Bertz CT molecular complexity index is 745. The van der Waals surface area contributed by atoms with Crippen molar-refractivity contribution in [2.75, 3.05) is 0 Å². The lowest BCUT2D eigenvalue weighted by atomic mass is 9.61. The quantitative estimate of drug-likeness (QED) is 0.461. The molecule has 0 unspecified atom stereocenters. The molecule has 0 saturated heterocycles. The van der Waals surface area contributed by atoms with E-state index in [1.54, 1.807) is 22.3 Å². The number of hydrogen-bond donors (Lipinski definition) is 0. The number of benzene rings is 2. The van der Waals surface area contributed by atoms with Gasteiger partial charge in [-0.05, 0) is 80.4 Å². The molecule has 0 spiro atoms. The summed E-state index contributed by atoms with van der Waals surface area (Å²) in [5.74, 6) is 0. The Morgan fingerprint density at radius 2 is 0.615 bits per heavy atom. The van der Waals surface area contributed by atoms with Gasteiger partial charge >= 0.3 is 0 Å². The minimum absolute atomic E-state index is 0.281. The summed E-state index contributed by atoms with van der Waals surface area (Å²) in [4.78, 5) is 0. The van der Waals surface area contributed by atoms with Crippen LogP contribution in [0.25, 0.3) is 10.8 Å². The van der Waals surface area contributed by atoms with Crippen LogP contribution in [-0.2, 0) is 21.7 Å². The molecule has 0 saturated carbocycles. The van der Waals surface area contributed by atoms with Gasteiger partial charge in [0.25, 0.3) is 0 Å². The molecule has 26 heavy (non-hydrogen) atoms. The van der Waals surface area contributed by atoms with Crippen LogP contribution in [0.15, 0.2) is 24.3 Å². The summed E-state index contributed by atoms with van der Waals surface area (Å²) in [6.07, 6.45) is 5.12. The van der Waals surface area contributed by atoms with E-state index in [1.807, 2.05) is 0 Å². The fourth-order valence-corrected chi connectivity index (χ4v) is 5.38. The topological polar surface area (TPSA) is 0 Å². The van der Waals surface area contributed by atoms with Gasteiger partial charge in [-0.2, -0.15) is 0 Å². The molecule has 0 heteroatoms. The molecule has 0 amide bonds. The average Bonchev–Trinajstić information content (AvgIpc) is 2.54. The molecule has 0 fully saturated rings. The third kappa shape index (κ3) is 2.55. The first-order valence-electron chi connectivity index (χ1n) is 10.5. The van der Waals surface area contributed by atoms with E-state index >= 15 is 0 Å². The molecular weight excluding hydrogens is 312 g/mol. The van der Waals surface area contributed by atoms with E-state index in [2.05, 4.69) is 79.7 Å². The zero-order chi connectivity index (χ0) is 19.1. The first kappa shape index (κ1) is 18.1. The molecule has 0 aromatic heterocycles. The molecule has 0 heterocycles. The minimum Gasteiger partial charge on any atom is -0.0558 e. The van der Waals surface area contributed by atoms with E-state index in [0.717, 1.165) is 0 Å². The van der Waals surface area contributed by atoms with E-state index in [1.165, 1.54) is 36.5 Å². The summed E-state index contributed by atoms with van der Waals surface area (Å²) in [6, 6.07) is 10.1. The molecule has 0 radical (unpaired) electrons. The molecule has 2 aromatic rings. The fourth-order valence-electron chi connectivity index (χ4n) is 5.38. The Hall–Kier alpha value is -1.30. The number of fused-ring (bicyclic) bond motifs is 3. The SMILES string of the molecule is CC1(C)CCC(C)(C)c2cc3cc4c(cc3cc21)C(C)(C)CCC4(C)C. The van der Waals surface area contributed by atoms with Gasteiger partial charge in [-0.25, -0.2) is 0 Å². The summed E-state index contributed by atoms with van der Waals surface area (Å²) in [5, 5.41) is 2.89. The molecular formula is C26H36. The highest BCUT2D eigenvalue weighted by atomic mass is 14.4. The molecule has 2 aromatic carbocycles. The molecule has 2 aliphatic rings. The molecule has 2 aliphatic carbocycles. The van der Waals surface area contributed by atoms with Gasteiger partial charge in [-0.3, -0.25) is 0 Å². The van der Waals surface area contributed by atoms with Crippen LogP contribution in [0.4, 0.5) is 0 Å². The monoisotopic (exact) mass is 348 g/mol. The molecule has 0 bridgehead atoms. The molecule has 0 atom stereocenters. The van der Waals surface area contributed by atoms with Crippen LogP contribution in [0.3, 0.4) is 0 Å². The maximum atomic E-state index is 2.53. The predicted octanol–water partition coefficient (Wildman–Crippen LogP) is 7.54. The van der Waals surface area contributed by atoms with Gasteiger partial charge in [-0.1, -0.05) is 79.7 Å². The molecule has 4 rings (SSSR count). The maximum absolute atomic E-state index is 2.53. The Kier molecular flexibility index (Phi) is 3.58. The van der Waals surface area contributed by atoms with Gasteiger partial charge < -0.3 is 0 Å². The summed E-state index contributed by atoms with van der Waals surface area (Å²) in [7, 11) is 0. The summed E-state index contributed by atoms with van der Waals surface area (Å²) >= 11 is 0. The minimum atomic E-state index is 0.281. The number of rotatable bonds is 0. The summed E-state index contributed by atoms with van der Waals surface area (Å²) in [5.41, 5.74) is 7.44. The lowest BCUT2D eigenvalue weighted by Gasteiger charge is -2.43. The van der Waals surface area contributed by atoms with Crippen molar-refractivity contribution < 1.29 is 0 Å². The van der Waals surface area contributed by atoms with Crippen LogP contribution in [0.2, 0.25) is 0 Å². The summed E-state index contributed by atoms with van der Waals surface area (Å²) < 4.78 is 0. The second-order valence-corrected chi connectivity index (χ2v) is 11.7. The van der Waals surface area contributed by atoms with Crippen LogP contribution >= 0.6 is 0 Å². The largest absolute Gasteiger partial charge is 0.0558 e. The van der Waals surface area contributed by atoms with Crippen molar-refractivity contribution in [3.05, 3.63) is 46.5 Å². The van der Waals surface area contributed by atoms with E-state index < -0.39 is 0 Å². The third-order valence-electron chi connectivity index (χ3n) is 7.78. The van der Waals surface area contributed by atoms with Crippen molar-refractivity contribution in [2.24, 2.45) is 0 Å². The highest BCUT2D eigenvalue weighted by molar-refractivity contribution is 5.87. The average molecular weight is 349 g/mol. The molecule has 0 nitrogen and oxygen atoms in total. The van der Waals surface area contributed by atoms with Crippen LogP contribution in [0.5, 0.6) is 0 Å². The Labute approximate surface area is 160 Å². The molecule has 0 N–H and O–H groups in total. The van der Waals surface area contributed by atoms with Crippen molar-refractivity contribution in [1.29, 1.82) is 0 Å². The van der Waals surface area contributed by atoms with Crippen molar-refractivity contribution in [1.82, 2.24) is 0 Å². The predicted molar refractivity (Wildman–Crippen MR) is 115 cm³/mol. The normalized spacial score (nSPS) is 24.8. The van der Waals surface area contributed by atoms with Gasteiger partial charge in [-0.15, -0.1) is 0 Å². The highest BCUT2D eigenvalue weighted by Crippen LogP contribution is 2.50. The van der Waals surface area contributed by atoms with Crippen LogP contribution in [0.1, 0.15) is 103 Å². The van der Waals surface area contributed by atoms with Gasteiger partial charge in [0, 0.05) is 0 Å². The molecule has 0 aliphatic heterocycles. The van der Waals surface area contributed by atoms with Crippen molar-refractivity contribution in [2.45, 2.75) is 103 Å².